The van der Waals surface area contributed by atoms with Crippen molar-refractivity contribution in [2.75, 3.05) is 12.4 Å². The van der Waals surface area contributed by atoms with E-state index in [2.05, 4.69) is 20.6 Å². The number of nitrogens with zero attached hydrogens (tertiary/aromatic N) is 4. The Morgan fingerprint density at radius 3 is 2.50 bits per heavy atom. The molecule has 2 aliphatic rings. The van der Waals surface area contributed by atoms with Crippen molar-refractivity contribution >= 4 is 39.9 Å². The molecule has 0 unspecified atom stereocenters. The minimum atomic E-state index is -1.66. The molecule has 3 aromatic carbocycles. The van der Waals surface area contributed by atoms with Crippen LogP contribution in [0.5, 0.6) is 5.75 Å². The first kappa shape index (κ1) is 30.8. The van der Waals surface area contributed by atoms with E-state index in [1.54, 1.807) is 30.5 Å². The highest BCUT2D eigenvalue weighted by Crippen LogP contribution is 2.34. The molecule has 10 nitrogen and oxygen atoms in total. The van der Waals surface area contributed by atoms with Crippen LogP contribution >= 0.6 is 11.6 Å². The fourth-order valence-corrected chi connectivity index (χ4v) is 5.79. The summed E-state index contributed by atoms with van der Waals surface area (Å²) in [4.78, 5) is 49.2. The van der Waals surface area contributed by atoms with Crippen molar-refractivity contribution in [1.29, 1.82) is 0 Å². The molecule has 0 fully saturated rings. The Labute approximate surface area is 264 Å². The lowest BCUT2D eigenvalue weighted by Crippen LogP contribution is -2.42. The van der Waals surface area contributed by atoms with Gasteiger partial charge in [-0.15, -0.1) is 0 Å². The van der Waals surface area contributed by atoms with Gasteiger partial charge < -0.3 is 15.4 Å². The van der Waals surface area contributed by atoms with Crippen molar-refractivity contribution in [3.63, 3.8) is 0 Å². The minimum Gasteiger partial charge on any atom is -0.497 e. The third-order valence-electron chi connectivity index (χ3n) is 7.74. The summed E-state index contributed by atoms with van der Waals surface area (Å²) in [6.45, 7) is -0.403. The first-order valence-electron chi connectivity index (χ1n) is 14.3. The van der Waals surface area contributed by atoms with Gasteiger partial charge in [-0.1, -0.05) is 29.8 Å². The van der Waals surface area contributed by atoms with Crippen LogP contribution in [0.2, 0.25) is 5.02 Å². The molecule has 0 spiro atoms. The number of carbonyl (C=O) groups is 1. The maximum absolute atomic E-state index is 14.3. The number of ether oxygens (including phenoxy) is 1. The molecule has 4 heterocycles. The fraction of sp³-hybridized carbons (Fsp3) is 0.219. The highest BCUT2D eigenvalue weighted by atomic mass is 35.5. The van der Waals surface area contributed by atoms with Crippen molar-refractivity contribution in [3.8, 4) is 11.4 Å². The van der Waals surface area contributed by atoms with Crippen molar-refractivity contribution < 1.29 is 22.7 Å². The molecule has 0 aliphatic carbocycles. The molecule has 46 heavy (non-hydrogen) atoms. The number of hydrogen-bond donors (Lipinski definition) is 2. The molecular weight excluding hydrogens is 625 g/mol. The van der Waals surface area contributed by atoms with E-state index in [1.165, 1.54) is 19.4 Å². The Bertz CT molecular complexity index is 2110. The van der Waals surface area contributed by atoms with Gasteiger partial charge in [0.15, 0.2) is 17.5 Å². The summed E-state index contributed by atoms with van der Waals surface area (Å²) in [5, 5.41) is 7.12. The number of rotatable bonds is 3. The monoisotopic (exact) mass is 650 g/mol. The quantitative estimate of drug-likeness (QED) is 0.259. The number of amides is 1. The number of halogens is 4. The SMILES string of the molecule is COc1cc(Cl)c2c(c1)CCCCC(=O)NCc1cccc3cncc(c13)-n1c(=O)nc(n(Cc3cc(F)c(F)c(F)c3)c1=O)N2. The summed E-state index contributed by atoms with van der Waals surface area (Å²) in [5.74, 6) is -4.57. The molecule has 7 rings (SSSR count). The van der Waals surface area contributed by atoms with Gasteiger partial charge in [0.2, 0.25) is 11.9 Å². The topological polar surface area (TPSA) is 120 Å². The average molecular weight is 651 g/mol. The highest BCUT2D eigenvalue weighted by Gasteiger charge is 2.22. The zero-order valence-corrected chi connectivity index (χ0v) is 25.1. The first-order valence-corrected chi connectivity index (χ1v) is 14.7. The largest absolute Gasteiger partial charge is 0.497 e. The van der Waals surface area contributed by atoms with E-state index in [0.29, 0.717) is 52.6 Å². The van der Waals surface area contributed by atoms with Gasteiger partial charge >= 0.3 is 11.4 Å². The van der Waals surface area contributed by atoms with Crippen molar-refractivity contribution in [2.24, 2.45) is 0 Å². The maximum Gasteiger partial charge on any atom is 0.359 e. The molecule has 2 N–H and O–H groups in total. The zero-order chi connectivity index (χ0) is 32.5. The van der Waals surface area contributed by atoms with Crippen LogP contribution < -0.4 is 26.7 Å². The van der Waals surface area contributed by atoms with Crippen LogP contribution in [-0.2, 0) is 24.3 Å². The molecule has 0 radical (unpaired) electrons. The van der Waals surface area contributed by atoms with E-state index in [-0.39, 0.29) is 41.1 Å². The molecule has 1 amide bonds. The number of aryl methyl sites for hydroxylation is 1. The van der Waals surface area contributed by atoms with E-state index in [1.807, 2.05) is 0 Å². The Morgan fingerprint density at radius 2 is 1.74 bits per heavy atom. The third kappa shape index (κ3) is 5.93. The lowest BCUT2D eigenvalue weighted by atomic mass is 10.0. The minimum absolute atomic E-state index is 0.0779. The van der Waals surface area contributed by atoms with Gasteiger partial charge in [0.25, 0.3) is 0 Å². The molecule has 0 saturated carbocycles. The number of methoxy groups -OCH3 is 1. The number of aromatic nitrogens is 4. The number of nitrogens with one attached hydrogen (secondary N) is 2. The van der Waals surface area contributed by atoms with Crippen LogP contribution in [0.15, 0.2) is 64.4 Å². The molecule has 2 bridgehead atoms. The number of carbonyl (C=O) groups excluding carboxylic acids is 1. The Balaban J connectivity index is 1.63. The van der Waals surface area contributed by atoms with E-state index in [9.17, 15) is 27.6 Å². The molecule has 236 valence electrons. The van der Waals surface area contributed by atoms with Crippen molar-refractivity contribution in [2.45, 2.75) is 38.8 Å². The maximum atomic E-state index is 14.3. The van der Waals surface area contributed by atoms with E-state index < -0.39 is 35.4 Å². The van der Waals surface area contributed by atoms with Crippen molar-refractivity contribution in [3.05, 3.63) is 115 Å². The van der Waals surface area contributed by atoms with Gasteiger partial charge in [0.1, 0.15) is 5.75 Å². The lowest BCUT2D eigenvalue weighted by Gasteiger charge is -2.19. The number of hydrogen-bond acceptors (Lipinski definition) is 7. The van der Waals surface area contributed by atoms with Crippen molar-refractivity contribution in [1.82, 2.24) is 24.4 Å². The summed E-state index contributed by atoms with van der Waals surface area (Å²) in [6, 6.07) is 10.0. The lowest BCUT2D eigenvalue weighted by molar-refractivity contribution is -0.121. The Hall–Kier alpha value is -5.17. The molecular formula is C32H26ClF3N6O4. The molecule has 2 aliphatic heterocycles. The normalized spacial score (nSPS) is 13.5. The number of anilines is 2. The zero-order valence-electron chi connectivity index (χ0n) is 24.4. The van der Waals surface area contributed by atoms with Crippen LogP contribution in [0.25, 0.3) is 16.5 Å². The van der Waals surface area contributed by atoms with Crippen LogP contribution in [0, 0.1) is 17.5 Å². The van der Waals surface area contributed by atoms with Crippen LogP contribution in [0.3, 0.4) is 0 Å². The molecule has 0 saturated heterocycles. The predicted octanol–water partition coefficient (Wildman–Crippen LogP) is 5.16. The summed E-state index contributed by atoms with van der Waals surface area (Å²) >= 11 is 6.65. The molecule has 14 heteroatoms. The number of pyridine rings is 1. The molecule has 2 aromatic heterocycles. The van der Waals surface area contributed by atoms with E-state index in [4.69, 9.17) is 16.3 Å². The standard InChI is InChI=1S/C32H26ClF3N6O4/c1-46-21-11-18-5-2-3-8-26(43)38-14-20-7-4-6-19-13-37-15-25(27(19)20)42-31(44)40-30(39-29(18)22(33)12-21)41(32(42)45)16-17-9-23(34)28(36)24(35)10-17/h4,6-7,9-13,15H,2-3,5,8,14,16H2,1H3,(H,38,43)(H,39,40,44). The number of fused-ring (bicyclic) bond motifs is 8. The van der Waals surface area contributed by atoms with E-state index in [0.717, 1.165) is 21.3 Å². The smallest absolute Gasteiger partial charge is 0.359 e. The first-order chi connectivity index (χ1) is 22.1. The van der Waals surface area contributed by atoms with E-state index >= 15 is 0 Å². The number of benzene rings is 3. The molecule has 0 atom stereocenters. The van der Waals surface area contributed by atoms with Gasteiger partial charge in [-0.25, -0.2) is 27.3 Å². The van der Waals surface area contributed by atoms with Gasteiger partial charge in [0, 0.05) is 36.0 Å². The van der Waals surface area contributed by atoms with Gasteiger partial charge in [0.05, 0.1) is 36.2 Å². The summed E-state index contributed by atoms with van der Waals surface area (Å²) in [5.41, 5.74) is -0.394. The van der Waals surface area contributed by atoms with Crippen LogP contribution in [-0.4, -0.2) is 32.1 Å². The summed E-state index contributed by atoms with van der Waals surface area (Å²) in [6.07, 6.45) is 4.68. The second kappa shape index (κ2) is 12.7. The fourth-order valence-electron chi connectivity index (χ4n) is 5.52. The third-order valence-corrected chi connectivity index (χ3v) is 8.04. The van der Waals surface area contributed by atoms with Crippen LogP contribution in [0.1, 0.15) is 36.0 Å². The highest BCUT2D eigenvalue weighted by molar-refractivity contribution is 6.33. The van der Waals surface area contributed by atoms with Gasteiger partial charge in [-0.3, -0.25) is 14.3 Å². The Kier molecular flexibility index (Phi) is 8.50. The predicted molar refractivity (Wildman–Crippen MR) is 166 cm³/mol. The summed E-state index contributed by atoms with van der Waals surface area (Å²) in [7, 11) is 1.47. The summed E-state index contributed by atoms with van der Waals surface area (Å²) < 4.78 is 49.5. The van der Waals surface area contributed by atoms with Crippen LogP contribution in [0.4, 0.5) is 24.8 Å². The second-order valence-electron chi connectivity index (χ2n) is 10.7. The van der Waals surface area contributed by atoms with Gasteiger partial charge in [-0.2, -0.15) is 4.98 Å². The van der Waals surface area contributed by atoms with Gasteiger partial charge in [-0.05, 0) is 54.2 Å². The Morgan fingerprint density at radius 1 is 0.978 bits per heavy atom. The molecule has 5 aromatic rings. The average Bonchev–Trinajstić information content (AvgIpc) is 3.03. The second-order valence-corrected chi connectivity index (χ2v) is 11.1.